The predicted octanol–water partition coefficient (Wildman–Crippen LogP) is 5.15. The summed E-state index contributed by atoms with van der Waals surface area (Å²) in [5.74, 6) is -0.0648. The maximum Gasteiger partial charge on any atom is 0.258 e. The van der Waals surface area contributed by atoms with Crippen LogP contribution in [0.25, 0.3) is 0 Å². The van der Waals surface area contributed by atoms with E-state index in [4.69, 9.17) is 10.5 Å². The number of rotatable bonds is 14. The number of para-hydroxylation sites is 2. The fourth-order valence-corrected chi connectivity index (χ4v) is 5.58. The number of hydrogen-bond donors (Lipinski definition) is 4. The third kappa shape index (κ3) is 9.79. The van der Waals surface area contributed by atoms with Crippen LogP contribution in [-0.2, 0) is 16.1 Å². The Kier molecular flexibility index (Phi) is 12.6. The molecule has 0 saturated heterocycles. The van der Waals surface area contributed by atoms with Crippen molar-refractivity contribution < 1.29 is 24.2 Å². The zero-order chi connectivity index (χ0) is 33.1. The molecule has 0 fully saturated rings. The lowest BCUT2D eigenvalue weighted by atomic mass is 9.99. The summed E-state index contributed by atoms with van der Waals surface area (Å²) in [5, 5.41) is 15.7. The summed E-state index contributed by atoms with van der Waals surface area (Å²) in [5.41, 5.74) is 9.06. The number of carbonyl (C=O) groups excluding carboxylic acids is 3. The van der Waals surface area contributed by atoms with Gasteiger partial charge in [0.05, 0.1) is 29.6 Å². The number of carbonyl (C=O) groups is 3. The highest BCUT2D eigenvalue weighted by atomic mass is 16.5. The minimum absolute atomic E-state index is 0.00579. The standard InChI is InChI=1S/C36H47N5O5/c1-25-21-41(26(2)24-42)36(45)29-20-28(18-19-32(29)46-33(25)23-40(3)22-27-12-6-4-7-13-27)38-34(43)16-8-5-9-17-35(44)39-31-15-11-10-14-30(31)37/h4,6-7,10-15,18-20,25-26,33,42H,5,8-9,16-17,21-24,37H2,1-3H3,(H,38,43)(H,39,44)/t25-,26+,33+/m0/s1. The van der Waals surface area contributed by atoms with Gasteiger partial charge in [-0.1, -0.05) is 55.8 Å². The first kappa shape index (κ1) is 34.5. The van der Waals surface area contributed by atoms with Crippen LogP contribution in [0.15, 0.2) is 72.8 Å². The van der Waals surface area contributed by atoms with Crippen LogP contribution in [0, 0.1) is 5.92 Å². The molecule has 0 aromatic heterocycles. The fourth-order valence-electron chi connectivity index (χ4n) is 5.58. The fraction of sp³-hybridized carbons (Fsp3) is 0.417. The van der Waals surface area contributed by atoms with Crippen molar-refractivity contribution in [3.05, 3.63) is 83.9 Å². The van der Waals surface area contributed by atoms with Crippen LogP contribution < -0.4 is 21.1 Å². The minimum Gasteiger partial charge on any atom is -0.488 e. The van der Waals surface area contributed by atoms with E-state index in [9.17, 15) is 19.5 Å². The number of hydrogen-bond acceptors (Lipinski definition) is 7. The molecule has 0 aliphatic carbocycles. The number of aliphatic hydroxyl groups excluding tert-OH is 1. The second kappa shape index (κ2) is 16.8. The molecule has 0 saturated carbocycles. The Balaban J connectivity index is 1.35. The van der Waals surface area contributed by atoms with E-state index >= 15 is 0 Å². The van der Waals surface area contributed by atoms with Gasteiger partial charge < -0.3 is 31.1 Å². The largest absolute Gasteiger partial charge is 0.488 e. The van der Waals surface area contributed by atoms with E-state index in [-0.39, 0.29) is 48.8 Å². The Morgan fingerprint density at radius 1 is 1.00 bits per heavy atom. The summed E-state index contributed by atoms with van der Waals surface area (Å²) in [6.07, 6.45) is 2.41. The summed E-state index contributed by atoms with van der Waals surface area (Å²) < 4.78 is 6.50. The van der Waals surface area contributed by atoms with Gasteiger partial charge in [0.25, 0.3) is 5.91 Å². The van der Waals surface area contributed by atoms with Gasteiger partial charge >= 0.3 is 0 Å². The number of fused-ring (bicyclic) bond motifs is 1. The number of aliphatic hydroxyl groups is 1. The molecule has 3 aromatic rings. The quantitative estimate of drug-likeness (QED) is 0.143. The highest BCUT2D eigenvalue weighted by molar-refractivity contribution is 6.00. The predicted molar refractivity (Wildman–Crippen MR) is 182 cm³/mol. The monoisotopic (exact) mass is 629 g/mol. The van der Waals surface area contributed by atoms with Crippen LogP contribution >= 0.6 is 0 Å². The highest BCUT2D eigenvalue weighted by Gasteiger charge is 2.33. The third-order valence-electron chi connectivity index (χ3n) is 8.28. The number of unbranched alkanes of at least 4 members (excludes halogenated alkanes) is 2. The lowest BCUT2D eigenvalue weighted by Crippen LogP contribution is -2.49. The lowest BCUT2D eigenvalue weighted by molar-refractivity contribution is -0.116. The van der Waals surface area contributed by atoms with Gasteiger partial charge in [0.2, 0.25) is 11.8 Å². The van der Waals surface area contributed by atoms with Crippen LogP contribution in [0.2, 0.25) is 0 Å². The zero-order valence-electron chi connectivity index (χ0n) is 27.1. The molecule has 1 aliphatic heterocycles. The van der Waals surface area contributed by atoms with Crippen molar-refractivity contribution in [3.63, 3.8) is 0 Å². The summed E-state index contributed by atoms with van der Waals surface area (Å²) in [7, 11) is 2.05. The molecule has 0 spiro atoms. The first-order valence-electron chi connectivity index (χ1n) is 16.0. The van der Waals surface area contributed by atoms with E-state index in [1.165, 1.54) is 5.56 Å². The van der Waals surface area contributed by atoms with Crippen LogP contribution in [0.5, 0.6) is 5.75 Å². The molecule has 246 valence electrons. The van der Waals surface area contributed by atoms with Crippen molar-refractivity contribution in [2.45, 2.75) is 64.6 Å². The van der Waals surface area contributed by atoms with Crippen LogP contribution in [0.3, 0.4) is 0 Å². The molecule has 0 bridgehead atoms. The van der Waals surface area contributed by atoms with Crippen LogP contribution in [-0.4, -0.2) is 71.5 Å². The smallest absolute Gasteiger partial charge is 0.258 e. The Morgan fingerprint density at radius 2 is 1.67 bits per heavy atom. The molecule has 1 heterocycles. The van der Waals surface area contributed by atoms with Crippen LogP contribution in [0.4, 0.5) is 17.1 Å². The van der Waals surface area contributed by atoms with Gasteiger partial charge in [-0.2, -0.15) is 0 Å². The van der Waals surface area contributed by atoms with Gasteiger partial charge in [0.15, 0.2) is 0 Å². The lowest BCUT2D eigenvalue weighted by Gasteiger charge is -2.38. The number of benzene rings is 3. The maximum absolute atomic E-state index is 13.7. The molecule has 10 heteroatoms. The summed E-state index contributed by atoms with van der Waals surface area (Å²) in [6.45, 7) is 5.57. The first-order chi connectivity index (χ1) is 22.1. The van der Waals surface area contributed by atoms with Gasteiger partial charge in [-0.15, -0.1) is 0 Å². The SMILES string of the molecule is C[C@H](CO)N1C[C@H](C)[C@@H](CN(C)Cc2ccccc2)Oc2ccc(NC(=O)CCCCCC(=O)Nc3ccccc3N)cc2C1=O. The minimum atomic E-state index is -0.381. The number of nitrogens with two attached hydrogens (primary N) is 1. The average molecular weight is 630 g/mol. The van der Waals surface area contributed by atoms with Gasteiger partial charge in [0.1, 0.15) is 11.9 Å². The number of ether oxygens (including phenoxy) is 1. The normalized spacial score (nSPS) is 17.0. The molecule has 5 N–H and O–H groups in total. The molecule has 0 unspecified atom stereocenters. The molecule has 3 amide bonds. The third-order valence-corrected chi connectivity index (χ3v) is 8.28. The molecule has 3 aromatic carbocycles. The Morgan fingerprint density at radius 3 is 2.37 bits per heavy atom. The van der Waals surface area contributed by atoms with E-state index < -0.39 is 0 Å². The molecule has 0 radical (unpaired) electrons. The van der Waals surface area contributed by atoms with Gasteiger partial charge in [0, 0.05) is 44.1 Å². The second-order valence-electron chi connectivity index (χ2n) is 12.3. The number of nitrogen functional groups attached to an aromatic ring is 1. The number of amides is 3. The topological polar surface area (TPSA) is 137 Å². The summed E-state index contributed by atoms with van der Waals surface area (Å²) in [6, 6.07) is 22.1. The first-order valence-corrected chi connectivity index (χ1v) is 16.0. The molecule has 1 aliphatic rings. The van der Waals surface area contributed by atoms with Gasteiger partial charge in [-0.05, 0) is 62.7 Å². The molecule has 4 rings (SSSR count). The van der Waals surface area contributed by atoms with E-state index in [0.717, 1.165) is 6.54 Å². The van der Waals surface area contributed by atoms with Crippen molar-refractivity contribution in [2.24, 2.45) is 5.92 Å². The van der Waals surface area contributed by atoms with E-state index in [1.807, 2.05) is 37.3 Å². The molecular formula is C36H47N5O5. The zero-order valence-corrected chi connectivity index (χ0v) is 27.1. The summed E-state index contributed by atoms with van der Waals surface area (Å²) >= 11 is 0. The van der Waals surface area contributed by atoms with E-state index in [2.05, 4.69) is 41.6 Å². The number of nitrogens with zero attached hydrogens (tertiary/aromatic N) is 2. The van der Waals surface area contributed by atoms with E-state index in [1.54, 1.807) is 35.2 Å². The van der Waals surface area contributed by atoms with Gasteiger partial charge in [-0.25, -0.2) is 0 Å². The maximum atomic E-state index is 13.7. The Labute approximate surface area is 271 Å². The molecule has 10 nitrogen and oxygen atoms in total. The van der Waals surface area contributed by atoms with Crippen molar-refractivity contribution in [1.29, 1.82) is 0 Å². The van der Waals surface area contributed by atoms with Crippen molar-refractivity contribution in [1.82, 2.24) is 9.80 Å². The molecular weight excluding hydrogens is 582 g/mol. The number of anilines is 3. The average Bonchev–Trinajstić information content (AvgIpc) is 3.04. The van der Waals surface area contributed by atoms with Crippen molar-refractivity contribution in [3.8, 4) is 5.75 Å². The Bertz CT molecular complexity index is 1470. The molecule has 46 heavy (non-hydrogen) atoms. The number of nitrogens with one attached hydrogen (secondary N) is 2. The van der Waals surface area contributed by atoms with Crippen molar-refractivity contribution in [2.75, 3.05) is 43.1 Å². The highest BCUT2D eigenvalue weighted by Crippen LogP contribution is 2.31. The van der Waals surface area contributed by atoms with E-state index in [0.29, 0.717) is 67.1 Å². The van der Waals surface area contributed by atoms with Gasteiger partial charge in [-0.3, -0.25) is 19.3 Å². The summed E-state index contributed by atoms with van der Waals surface area (Å²) in [4.78, 5) is 42.7. The number of likely N-dealkylation sites (N-methyl/N-ethyl adjacent to an activating group) is 1. The van der Waals surface area contributed by atoms with Crippen LogP contribution in [0.1, 0.15) is 61.9 Å². The van der Waals surface area contributed by atoms with Crippen molar-refractivity contribution >= 4 is 34.8 Å². The Hall–Kier alpha value is -4.41. The second-order valence-corrected chi connectivity index (χ2v) is 12.3. The molecule has 3 atom stereocenters.